The Morgan fingerprint density at radius 1 is 1.30 bits per heavy atom. The van der Waals surface area contributed by atoms with Gasteiger partial charge in [0.05, 0.1) is 15.2 Å². The Hall–Kier alpha value is -0.930. The van der Waals surface area contributed by atoms with Gasteiger partial charge in [0, 0.05) is 12.5 Å². The average molecular weight is 286 g/mol. The van der Waals surface area contributed by atoms with Gasteiger partial charge in [-0.3, -0.25) is 0 Å². The fourth-order valence-electron chi connectivity index (χ4n) is 4.28. The van der Waals surface area contributed by atoms with Crippen molar-refractivity contribution in [3.63, 3.8) is 0 Å². The van der Waals surface area contributed by atoms with Crippen molar-refractivity contribution in [1.29, 1.82) is 0 Å². The quantitative estimate of drug-likeness (QED) is 0.902. The van der Waals surface area contributed by atoms with E-state index in [1.165, 1.54) is 34.5 Å². The van der Waals surface area contributed by atoms with E-state index in [-0.39, 0.29) is 0 Å². The highest BCUT2D eigenvalue weighted by Gasteiger charge is 2.55. The molecule has 0 radical (unpaired) electrons. The molecule has 3 atom stereocenters. The summed E-state index contributed by atoms with van der Waals surface area (Å²) in [5.41, 5.74) is 1.17. The molecule has 106 valence electrons. The predicted molar refractivity (Wildman–Crippen MR) is 85.1 cm³/mol. The molecule has 2 aromatic rings. The van der Waals surface area contributed by atoms with E-state index in [4.69, 9.17) is 4.98 Å². The fraction of sp³-hybridized carbons (Fsp3) is 0.588. The lowest BCUT2D eigenvalue weighted by atomic mass is 10.0. The maximum absolute atomic E-state index is 4.82. The number of para-hydroxylation sites is 1. The zero-order valence-electron chi connectivity index (χ0n) is 12.0. The number of rotatable bonds is 5. The highest BCUT2D eigenvalue weighted by atomic mass is 32.1. The summed E-state index contributed by atoms with van der Waals surface area (Å²) < 4.78 is 1.33. The predicted octanol–water partition coefficient (Wildman–Crippen LogP) is 3.86. The van der Waals surface area contributed by atoms with Gasteiger partial charge >= 0.3 is 0 Å². The van der Waals surface area contributed by atoms with Gasteiger partial charge < -0.3 is 5.32 Å². The number of fused-ring (bicyclic) bond motifs is 2. The summed E-state index contributed by atoms with van der Waals surface area (Å²) in [5.74, 6) is 2.97. The molecule has 3 unspecified atom stereocenters. The van der Waals surface area contributed by atoms with E-state index in [0.29, 0.717) is 6.04 Å². The number of aromatic nitrogens is 1. The van der Waals surface area contributed by atoms with E-state index in [0.717, 1.165) is 30.7 Å². The van der Waals surface area contributed by atoms with E-state index in [1.54, 1.807) is 0 Å². The van der Waals surface area contributed by atoms with Crippen LogP contribution in [0.5, 0.6) is 0 Å². The van der Waals surface area contributed by atoms with Gasteiger partial charge in [0.15, 0.2) is 0 Å². The Kier molecular flexibility index (Phi) is 3.27. The summed E-state index contributed by atoms with van der Waals surface area (Å²) in [5, 5.41) is 5.04. The first-order chi connectivity index (χ1) is 9.86. The molecule has 2 aliphatic carbocycles. The van der Waals surface area contributed by atoms with Crippen molar-refractivity contribution in [2.24, 2.45) is 17.8 Å². The van der Waals surface area contributed by atoms with Crippen molar-refractivity contribution in [3.05, 3.63) is 29.3 Å². The molecule has 2 fully saturated rings. The van der Waals surface area contributed by atoms with Gasteiger partial charge in [0.2, 0.25) is 0 Å². The number of hydrogen-bond donors (Lipinski definition) is 1. The zero-order chi connectivity index (χ0) is 13.5. The van der Waals surface area contributed by atoms with Gasteiger partial charge in [0.25, 0.3) is 0 Å². The maximum atomic E-state index is 4.82. The second kappa shape index (κ2) is 5.12. The topological polar surface area (TPSA) is 24.9 Å². The van der Waals surface area contributed by atoms with Crippen LogP contribution in [-0.2, 0) is 6.42 Å². The Bertz CT molecular complexity index is 563. The smallest absolute Gasteiger partial charge is 0.0954 e. The van der Waals surface area contributed by atoms with Crippen molar-refractivity contribution in [1.82, 2.24) is 10.3 Å². The van der Waals surface area contributed by atoms with Crippen molar-refractivity contribution < 1.29 is 0 Å². The van der Waals surface area contributed by atoms with Crippen molar-refractivity contribution in [2.45, 2.75) is 38.6 Å². The van der Waals surface area contributed by atoms with Crippen molar-refractivity contribution >= 4 is 21.6 Å². The lowest BCUT2D eigenvalue weighted by Gasteiger charge is -2.18. The Morgan fingerprint density at radius 3 is 2.85 bits per heavy atom. The van der Waals surface area contributed by atoms with Gasteiger partial charge in [-0.15, -0.1) is 11.3 Å². The monoisotopic (exact) mass is 286 g/mol. The first-order valence-corrected chi connectivity index (χ1v) is 8.76. The molecular formula is C17H22N2S. The molecule has 2 saturated carbocycles. The number of likely N-dealkylation sites (N-methyl/N-ethyl adjacent to an activating group) is 1. The van der Waals surface area contributed by atoms with E-state index in [1.807, 2.05) is 11.3 Å². The van der Waals surface area contributed by atoms with Crippen LogP contribution in [0.15, 0.2) is 24.3 Å². The summed E-state index contributed by atoms with van der Waals surface area (Å²) in [6.07, 6.45) is 5.52. The largest absolute Gasteiger partial charge is 0.314 e. The van der Waals surface area contributed by atoms with Crippen molar-refractivity contribution in [2.75, 3.05) is 6.54 Å². The van der Waals surface area contributed by atoms with E-state index >= 15 is 0 Å². The molecule has 20 heavy (non-hydrogen) atoms. The first kappa shape index (κ1) is 12.8. The fourth-order valence-corrected chi connectivity index (χ4v) is 5.30. The molecule has 2 aliphatic rings. The minimum Gasteiger partial charge on any atom is -0.314 e. The van der Waals surface area contributed by atoms with Gasteiger partial charge in [-0.2, -0.15) is 0 Å². The van der Waals surface area contributed by atoms with E-state index in [2.05, 4.69) is 36.5 Å². The molecule has 1 N–H and O–H groups in total. The van der Waals surface area contributed by atoms with Crippen LogP contribution in [0, 0.1) is 17.8 Å². The number of benzene rings is 1. The second-order valence-corrected chi connectivity index (χ2v) is 7.39. The van der Waals surface area contributed by atoms with Crippen LogP contribution < -0.4 is 5.32 Å². The van der Waals surface area contributed by atoms with Crippen LogP contribution >= 0.6 is 11.3 Å². The Labute approximate surface area is 124 Å². The van der Waals surface area contributed by atoms with Gasteiger partial charge in [0.1, 0.15) is 0 Å². The van der Waals surface area contributed by atoms with Crippen LogP contribution in [0.4, 0.5) is 0 Å². The first-order valence-electron chi connectivity index (χ1n) is 7.94. The lowest BCUT2D eigenvalue weighted by molar-refractivity contribution is 0.410. The molecule has 0 amide bonds. The number of thiazole rings is 1. The molecule has 3 heteroatoms. The third kappa shape index (κ3) is 2.17. The van der Waals surface area contributed by atoms with Crippen molar-refractivity contribution in [3.8, 4) is 0 Å². The maximum Gasteiger partial charge on any atom is 0.0954 e. The van der Waals surface area contributed by atoms with Crippen LogP contribution in [0.25, 0.3) is 10.2 Å². The van der Waals surface area contributed by atoms with E-state index < -0.39 is 0 Å². The molecule has 1 aromatic carbocycles. The summed E-state index contributed by atoms with van der Waals surface area (Å²) in [6.45, 7) is 3.30. The highest BCUT2D eigenvalue weighted by molar-refractivity contribution is 7.18. The van der Waals surface area contributed by atoms with Crippen LogP contribution in [0.3, 0.4) is 0 Å². The summed E-state index contributed by atoms with van der Waals surface area (Å²) >= 11 is 1.87. The molecule has 0 saturated heterocycles. The molecular weight excluding hydrogens is 264 g/mol. The third-order valence-electron chi connectivity index (χ3n) is 5.14. The third-order valence-corrected chi connectivity index (χ3v) is 6.20. The van der Waals surface area contributed by atoms with Gasteiger partial charge in [-0.05, 0) is 49.3 Å². The minimum atomic E-state index is 0.649. The number of nitrogens with zero attached hydrogens (tertiary/aromatic N) is 1. The molecule has 2 nitrogen and oxygen atoms in total. The number of hydrogen-bond acceptors (Lipinski definition) is 3. The second-order valence-electron chi connectivity index (χ2n) is 6.28. The normalized spacial score (nSPS) is 29.6. The van der Waals surface area contributed by atoms with Gasteiger partial charge in [-0.1, -0.05) is 25.5 Å². The molecule has 4 rings (SSSR count). The lowest BCUT2D eigenvalue weighted by Crippen LogP contribution is -2.34. The zero-order valence-corrected chi connectivity index (χ0v) is 12.8. The van der Waals surface area contributed by atoms with Crippen LogP contribution in [0.2, 0.25) is 0 Å². The van der Waals surface area contributed by atoms with Crippen LogP contribution in [0.1, 0.15) is 31.2 Å². The molecule has 0 spiro atoms. The summed E-state index contributed by atoms with van der Waals surface area (Å²) in [4.78, 5) is 4.82. The molecule has 1 heterocycles. The Balaban J connectivity index is 1.52. The number of nitrogens with one attached hydrogen (secondary N) is 1. The summed E-state index contributed by atoms with van der Waals surface area (Å²) in [7, 11) is 0. The average Bonchev–Trinajstić information content (AvgIpc) is 2.82. The standard InChI is InChI=1S/C17H22N2S/c1-2-18-14(17-11-6-5-7-12(11)17)10-16-19-13-8-3-4-9-15(13)20-16/h3-4,8-9,11-12,14,17-18H,2,5-7,10H2,1H3. The summed E-state index contributed by atoms with van der Waals surface area (Å²) in [6, 6.07) is 9.15. The molecule has 0 aliphatic heterocycles. The Morgan fingerprint density at radius 2 is 2.10 bits per heavy atom. The molecule has 1 aromatic heterocycles. The van der Waals surface area contributed by atoms with Crippen LogP contribution in [-0.4, -0.2) is 17.6 Å². The molecule has 0 bridgehead atoms. The minimum absolute atomic E-state index is 0.649. The highest BCUT2D eigenvalue weighted by Crippen LogP contribution is 2.59. The van der Waals surface area contributed by atoms with Gasteiger partial charge in [-0.25, -0.2) is 4.98 Å². The van der Waals surface area contributed by atoms with E-state index in [9.17, 15) is 0 Å². The SMILES string of the molecule is CCNC(Cc1nc2ccccc2s1)C1C2CCCC21.